The summed E-state index contributed by atoms with van der Waals surface area (Å²) in [5, 5.41) is 10.2. The maximum atomic E-state index is 10.2. The number of hydrogen-bond acceptors (Lipinski definition) is 4. The highest BCUT2D eigenvalue weighted by Crippen LogP contribution is 2.29. The Labute approximate surface area is 99.9 Å². The Hall–Kier alpha value is -1.94. The van der Waals surface area contributed by atoms with E-state index in [0.29, 0.717) is 16.9 Å². The van der Waals surface area contributed by atoms with Crippen molar-refractivity contribution in [1.29, 1.82) is 0 Å². The quantitative estimate of drug-likeness (QED) is 0.874. The molecule has 4 nitrogen and oxygen atoms in total. The second-order valence-electron chi connectivity index (χ2n) is 3.82. The molecule has 0 fully saturated rings. The lowest BCUT2D eigenvalue weighted by atomic mass is 10.0. The zero-order valence-corrected chi connectivity index (χ0v) is 9.79. The van der Waals surface area contributed by atoms with Gasteiger partial charge in [-0.3, -0.25) is 0 Å². The Morgan fingerprint density at radius 3 is 2.59 bits per heavy atom. The maximum absolute atomic E-state index is 10.2. The van der Waals surface area contributed by atoms with Crippen LogP contribution in [0.15, 0.2) is 36.9 Å². The number of benzene rings is 1. The van der Waals surface area contributed by atoms with E-state index < -0.39 is 6.10 Å². The first-order valence-electron chi connectivity index (χ1n) is 5.30. The minimum atomic E-state index is -0.772. The minimum Gasteiger partial charge on any atom is -0.496 e. The van der Waals surface area contributed by atoms with Gasteiger partial charge in [0.05, 0.1) is 7.11 Å². The molecule has 1 atom stereocenters. The van der Waals surface area contributed by atoms with Crippen LogP contribution in [-0.4, -0.2) is 22.2 Å². The third-order valence-corrected chi connectivity index (χ3v) is 2.58. The number of hydrogen-bond donors (Lipinski definition) is 1. The van der Waals surface area contributed by atoms with Crippen molar-refractivity contribution in [2.45, 2.75) is 13.0 Å². The first-order chi connectivity index (χ1) is 8.22. The molecule has 0 spiro atoms. The van der Waals surface area contributed by atoms with Gasteiger partial charge < -0.3 is 9.84 Å². The van der Waals surface area contributed by atoms with Gasteiger partial charge in [-0.1, -0.05) is 12.1 Å². The number of aryl methyl sites for hydroxylation is 1. The van der Waals surface area contributed by atoms with E-state index in [-0.39, 0.29) is 0 Å². The topological polar surface area (TPSA) is 55.2 Å². The third kappa shape index (κ3) is 2.42. The van der Waals surface area contributed by atoms with Crippen molar-refractivity contribution >= 4 is 0 Å². The van der Waals surface area contributed by atoms with Crippen LogP contribution in [0.1, 0.15) is 22.8 Å². The van der Waals surface area contributed by atoms with Crippen LogP contribution in [0, 0.1) is 6.92 Å². The minimum absolute atomic E-state index is 0.648. The van der Waals surface area contributed by atoms with Gasteiger partial charge in [0.15, 0.2) is 0 Å². The Morgan fingerprint density at radius 2 is 1.94 bits per heavy atom. The second-order valence-corrected chi connectivity index (χ2v) is 3.82. The molecular weight excluding hydrogens is 216 g/mol. The zero-order chi connectivity index (χ0) is 12.3. The van der Waals surface area contributed by atoms with Crippen molar-refractivity contribution in [2.75, 3.05) is 7.11 Å². The molecule has 0 saturated heterocycles. The smallest absolute Gasteiger partial charge is 0.125 e. The molecule has 0 bridgehead atoms. The highest BCUT2D eigenvalue weighted by Gasteiger charge is 2.15. The summed E-state index contributed by atoms with van der Waals surface area (Å²) in [6.07, 6.45) is 3.85. The number of ether oxygens (including phenoxy) is 1. The fourth-order valence-corrected chi connectivity index (χ4v) is 1.68. The molecule has 1 heterocycles. The Kier molecular flexibility index (Phi) is 3.35. The van der Waals surface area contributed by atoms with E-state index in [2.05, 4.69) is 9.97 Å². The van der Waals surface area contributed by atoms with Gasteiger partial charge in [0.2, 0.25) is 0 Å². The molecule has 1 N–H and O–H groups in total. The number of aliphatic hydroxyl groups is 1. The van der Waals surface area contributed by atoms with Gasteiger partial charge >= 0.3 is 0 Å². The van der Waals surface area contributed by atoms with Crippen molar-refractivity contribution in [3.8, 4) is 5.75 Å². The Balaban J connectivity index is 2.40. The first kappa shape index (κ1) is 11.5. The molecule has 0 saturated carbocycles. The Morgan fingerprint density at radius 1 is 1.24 bits per heavy atom. The van der Waals surface area contributed by atoms with Crippen molar-refractivity contribution in [2.24, 2.45) is 0 Å². The van der Waals surface area contributed by atoms with Crippen molar-refractivity contribution in [3.05, 3.63) is 53.6 Å². The largest absolute Gasteiger partial charge is 0.496 e. The lowest BCUT2D eigenvalue weighted by molar-refractivity contribution is 0.214. The number of aliphatic hydroxyl groups excluding tert-OH is 1. The van der Waals surface area contributed by atoms with Gasteiger partial charge in [-0.15, -0.1) is 0 Å². The summed E-state index contributed by atoms with van der Waals surface area (Å²) in [6, 6.07) is 5.68. The van der Waals surface area contributed by atoms with Gasteiger partial charge in [-0.2, -0.15) is 0 Å². The average Bonchev–Trinajstić information content (AvgIpc) is 2.39. The SMILES string of the molecule is COc1cc(C)ccc1C(O)c1cncnc1. The molecule has 88 valence electrons. The van der Waals surface area contributed by atoms with Gasteiger partial charge in [-0.25, -0.2) is 9.97 Å². The molecule has 2 aromatic rings. The normalized spacial score (nSPS) is 12.2. The highest BCUT2D eigenvalue weighted by molar-refractivity contribution is 5.41. The van der Waals surface area contributed by atoms with E-state index in [4.69, 9.17) is 4.74 Å². The molecule has 0 aliphatic rings. The van der Waals surface area contributed by atoms with E-state index in [0.717, 1.165) is 5.56 Å². The predicted octanol–water partition coefficient (Wildman–Crippen LogP) is 1.88. The molecule has 4 heteroatoms. The van der Waals surface area contributed by atoms with Crippen molar-refractivity contribution in [1.82, 2.24) is 9.97 Å². The van der Waals surface area contributed by atoms with Crippen LogP contribution in [0.2, 0.25) is 0 Å². The standard InChI is InChI=1S/C13H14N2O2/c1-9-3-4-11(12(5-9)17-2)13(16)10-6-14-8-15-7-10/h3-8,13,16H,1-2H3. The number of nitrogens with zero attached hydrogens (tertiary/aromatic N) is 2. The summed E-state index contributed by atoms with van der Waals surface area (Å²) < 4.78 is 5.27. The number of rotatable bonds is 3. The summed E-state index contributed by atoms with van der Waals surface area (Å²) >= 11 is 0. The fraction of sp³-hybridized carbons (Fsp3) is 0.231. The summed E-state index contributed by atoms with van der Waals surface area (Å²) in [5.74, 6) is 0.668. The van der Waals surface area contributed by atoms with Crippen LogP contribution in [0.3, 0.4) is 0 Å². The van der Waals surface area contributed by atoms with Gasteiger partial charge in [-0.05, 0) is 18.6 Å². The molecule has 1 unspecified atom stereocenters. The van der Waals surface area contributed by atoms with E-state index >= 15 is 0 Å². The molecule has 0 aliphatic heterocycles. The maximum Gasteiger partial charge on any atom is 0.125 e. The van der Waals surface area contributed by atoms with E-state index in [1.807, 2.05) is 25.1 Å². The van der Waals surface area contributed by atoms with Crippen molar-refractivity contribution in [3.63, 3.8) is 0 Å². The van der Waals surface area contributed by atoms with Crippen LogP contribution >= 0.6 is 0 Å². The molecule has 1 aromatic carbocycles. The molecule has 0 radical (unpaired) electrons. The van der Waals surface area contributed by atoms with Crippen LogP contribution in [0.25, 0.3) is 0 Å². The van der Waals surface area contributed by atoms with E-state index in [9.17, 15) is 5.11 Å². The van der Waals surface area contributed by atoms with Crippen LogP contribution in [0.4, 0.5) is 0 Å². The van der Waals surface area contributed by atoms with Crippen LogP contribution in [0.5, 0.6) is 5.75 Å². The molecule has 0 amide bonds. The summed E-state index contributed by atoms with van der Waals surface area (Å²) in [6.45, 7) is 1.98. The van der Waals surface area contributed by atoms with E-state index in [1.54, 1.807) is 19.5 Å². The summed E-state index contributed by atoms with van der Waals surface area (Å²) in [5.41, 5.74) is 2.45. The molecule has 2 rings (SSSR count). The fourth-order valence-electron chi connectivity index (χ4n) is 1.68. The molecule has 1 aromatic heterocycles. The van der Waals surface area contributed by atoms with Gasteiger partial charge in [0.25, 0.3) is 0 Å². The van der Waals surface area contributed by atoms with Crippen molar-refractivity contribution < 1.29 is 9.84 Å². The summed E-state index contributed by atoms with van der Waals surface area (Å²) in [7, 11) is 1.59. The first-order valence-corrected chi connectivity index (χ1v) is 5.30. The van der Waals surface area contributed by atoms with Gasteiger partial charge in [0, 0.05) is 23.5 Å². The zero-order valence-electron chi connectivity index (χ0n) is 9.79. The van der Waals surface area contributed by atoms with Crippen LogP contribution in [-0.2, 0) is 0 Å². The van der Waals surface area contributed by atoms with Gasteiger partial charge in [0.1, 0.15) is 18.2 Å². The number of aromatic nitrogens is 2. The highest BCUT2D eigenvalue weighted by atomic mass is 16.5. The average molecular weight is 230 g/mol. The molecular formula is C13H14N2O2. The third-order valence-electron chi connectivity index (χ3n) is 2.58. The Bertz CT molecular complexity index is 500. The second kappa shape index (κ2) is 4.93. The molecule has 17 heavy (non-hydrogen) atoms. The summed E-state index contributed by atoms with van der Waals surface area (Å²) in [4.78, 5) is 7.78. The molecule has 0 aliphatic carbocycles. The monoisotopic (exact) mass is 230 g/mol. The lowest BCUT2D eigenvalue weighted by Crippen LogP contribution is -2.03. The number of methoxy groups -OCH3 is 1. The van der Waals surface area contributed by atoms with E-state index in [1.165, 1.54) is 6.33 Å². The van der Waals surface area contributed by atoms with Crippen LogP contribution < -0.4 is 4.74 Å². The lowest BCUT2D eigenvalue weighted by Gasteiger charge is -2.15. The predicted molar refractivity (Wildman–Crippen MR) is 63.8 cm³/mol.